The van der Waals surface area contributed by atoms with E-state index in [9.17, 15) is 9.18 Å². The van der Waals surface area contributed by atoms with Crippen LogP contribution in [-0.2, 0) is 0 Å². The molecule has 1 heterocycles. The smallest absolute Gasteiger partial charge is 0.256 e. The molecule has 28 heavy (non-hydrogen) atoms. The van der Waals surface area contributed by atoms with Crippen molar-refractivity contribution in [2.24, 2.45) is 0 Å². The van der Waals surface area contributed by atoms with Crippen LogP contribution in [0.4, 0.5) is 10.2 Å². The lowest BCUT2D eigenvalue weighted by Crippen LogP contribution is -2.15. The highest BCUT2D eigenvalue weighted by Gasteiger charge is 2.15. The van der Waals surface area contributed by atoms with E-state index in [1.54, 1.807) is 4.68 Å². The van der Waals surface area contributed by atoms with Gasteiger partial charge in [-0.1, -0.05) is 48.0 Å². The van der Waals surface area contributed by atoms with Gasteiger partial charge in [0.2, 0.25) is 0 Å². The van der Waals surface area contributed by atoms with Crippen molar-refractivity contribution in [1.82, 2.24) is 9.78 Å². The average Bonchev–Trinajstić information content (AvgIpc) is 3.13. The summed E-state index contributed by atoms with van der Waals surface area (Å²) in [6.07, 6.45) is 0. The zero-order valence-electron chi connectivity index (χ0n) is 15.3. The van der Waals surface area contributed by atoms with Crippen molar-refractivity contribution in [2.75, 3.05) is 5.32 Å². The van der Waals surface area contributed by atoms with Crippen LogP contribution in [0.5, 0.6) is 0 Å². The van der Waals surface area contributed by atoms with E-state index in [0.29, 0.717) is 11.4 Å². The highest BCUT2D eigenvalue weighted by molar-refractivity contribution is 6.04. The number of hydrogen-bond acceptors (Lipinski definition) is 2. The molecule has 0 saturated heterocycles. The number of halogens is 1. The molecule has 0 radical (unpaired) electrons. The molecule has 5 heteroatoms. The number of nitrogens with one attached hydrogen (secondary N) is 1. The lowest BCUT2D eigenvalue weighted by Gasteiger charge is -2.08. The first-order valence-electron chi connectivity index (χ1n) is 8.89. The van der Waals surface area contributed by atoms with Crippen LogP contribution < -0.4 is 5.32 Å². The molecule has 0 unspecified atom stereocenters. The van der Waals surface area contributed by atoms with E-state index in [1.165, 1.54) is 24.3 Å². The molecule has 0 saturated carbocycles. The van der Waals surface area contributed by atoms with E-state index < -0.39 is 0 Å². The van der Waals surface area contributed by atoms with Gasteiger partial charge in [-0.25, -0.2) is 9.07 Å². The molecule has 0 aliphatic rings. The minimum atomic E-state index is -0.382. The topological polar surface area (TPSA) is 46.9 Å². The number of hydrogen-bond donors (Lipinski definition) is 1. The minimum absolute atomic E-state index is 0.326. The van der Waals surface area contributed by atoms with Gasteiger partial charge in [-0.05, 0) is 43.3 Å². The molecule has 0 atom stereocenters. The van der Waals surface area contributed by atoms with Gasteiger partial charge in [-0.15, -0.1) is 0 Å². The number of benzene rings is 3. The lowest BCUT2D eigenvalue weighted by molar-refractivity contribution is 0.102. The summed E-state index contributed by atoms with van der Waals surface area (Å²) in [6.45, 7) is 2.03. The van der Waals surface area contributed by atoms with Crippen molar-refractivity contribution in [3.63, 3.8) is 0 Å². The van der Waals surface area contributed by atoms with Crippen molar-refractivity contribution in [3.05, 3.63) is 102 Å². The van der Waals surface area contributed by atoms with Crippen LogP contribution in [-0.4, -0.2) is 15.7 Å². The van der Waals surface area contributed by atoms with Gasteiger partial charge in [0.25, 0.3) is 5.91 Å². The average molecular weight is 371 g/mol. The van der Waals surface area contributed by atoms with E-state index in [-0.39, 0.29) is 11.7 Å². The zero-order valence-corrected chi connectivity index (χ0v) is 15.3. The van der Waals surface area contributed by atoms with Crippen LogP contribution in [0.25, 0.3) is 16.9 Å². The first-order chi connectivity index (χ1) is 13.6. The van der Waals surface area contributed by atoms with Crippen molar-refractivity contribution in [3.8, 4) is 16.9 Å². The highest BCUT2D eigenvalue weighted by atomic mass is 19.1. The third-order valence-corrected chi connectivity index (χ3v) is 4.41. The van der Waals surface area contributed by atoms with Gasteiger partial charge in [0.05, 0.1) is 11.4 Å². The number of carbonyl (C=O) groups is 1. The summed E-state index contributed by atoms with van der Waals surface area (Å²) < 4.78 is 14.8. The summed E-state index contributed by atoms with van der Waals surface area (Å²) >= 11 is 0. The van der Waals surface area contributed by atoms with Crippen LogP contribution >= 0.6 is 0 Å². The fraction of sp³-hybridized carbons (Fsp3) is 0.0435. The Hall–Kier alpha value is -3.73. The van der Waals surface area contributed by atoms with Gasteiger partial charge >= 0.3 is 0 Å². The third-order valence-electron chi connectivity index (χ3n) is 4.41. The molecule has 0 aliphatic carbocycles. The second-order valence-corrected chi connectivity index (χ2v) is 6.49. The number of anilines is 1. The number of aromatic nitrogens is 2. The van der Waals surface area contributed by atoms with Crippen LogP contribution in [0.15, 0.2) is 84.9 Å². The summed E-state index contributed by atoms with van der Waals surface area (Å²) in [7, 11) is 0. The molecule has 4 rings (SSSR count). The van der Waals surface area contributed by atoms with Gasteiger partial charge in [0.1, 0.15) is 11.6 Å². The number of para-hydroxylation sites is 1. The molecule has 0 fully saturated rings. The monoisotopic (exact) mass is 371 g/mol. The van der Waals surface area contributed by atoms with E-state index in [4.69, 9.17) is 0 Å². The Morgan fingerprint density at radius 1 is 0.929 bits per heavy atom. The van der Waals surface area contributed by atoms with E-state index >= 15 is 0 Å². The Morgan fingerprint density at radius 3 is 2.29 bits per heavy atom. The molecule has 1 aromatic heterocycles. The first-order valence-corrected chi connectivity index (χ1v) is 8.89. The summed E-state index contributed by atoms with van der Waals surface area (Å²) in [4.78, 5) is 12.6. The largest absolute Gasteiger partial charge is 0.306 e. The van der Waals surface area contributed by atoms with Crippen LogP contribution in [0, 0.1) is 12.7 Å². The van der Waals surface area contributed by atoms with Crippen molar-refractivity contribution in [1.29, 1.82) is 0 Å². The maximum Gasteiger partial charge on any atom is 0.256 e. The Bertz CT molecular complexity index is 1100. The number of aryl methyl sites for hydroxylation is 1. The molecule has 4 nitrogen and oxygen atoms in total. The molecule has 1 N–H and O–H groups in total. The predicted octanol–water partition coefficient (Wildman–Crippen LogP) is 5.24. The Morgan fingerprint density at radius 2 is 1.61 bits per heavy atom. The number of nitrogens with zero attached hydrogens (tertiary/aromatic N) is 2. The van der Waals surface area contributed by atoms with Crippen LogP contribution in [0.3, 0.4) is 0 Å². The van der Waals surface area contributed by atoms with Crippen molar-refractivity contribution < 1.29 is 9.18 Å². The fourth-order valence-electron chi connectivity index (χ4n) is 2.89. The second kappa shape index (κ2) is 7.48. The molecular weight excluding hydrogens is 353 g/mol. The minimum Gasteiger partial charge on any atom is -0.306 e. The lowest BCUT2D eigenvalue weighted by atomic mass is 10.1. The first kappa shape index (κ1) is 17.7. The highest BCUT2D eigenvalue weighted by Crippen LogP contribution is 2.25. The normalized spacial score (nSPS) is 10.6. The van der Waals surface area contributed by atoms with E-state index in [2.05, 4.69) is 10.4 Å². The SMILES string of the molecule is Cc1ccc(-c2cc(NC(=O)c3ccc(F)cc3)n(-c3ccccc3)n2)cc1. The van der Waals surface area contributed by atoms with Crippen LogP contribution in [0.2, 0.25) is 0 Å². The molecule has 138 valence electrons. The van der Waals surface area contributed by atoms with Crippen LogP contribution in [0.1, 0.15) is 15.9 Å². The maximum atomic E-state index is 13.1. The molecule has 3 aromatic carbocycles. The Balaban J connectivity index is 1.73. The standard InChI is InChI=1S/C23H18FN3O/c1-16-7-9-17(10-8-16)21-15-22(27(26-21)20-5-3-2-4-6-20)25-23(28)18-11-13-19(24)14-12-18/h2-15H,1H3,(H,25,28). The van der Waals surface area contributed by atoms with E-state index in [0.717, 1.165) is 22.5 Å². The van der Waals surface area contributed by atoms with Gasteiger partial charge in [0.15, 0.2) is 0 Å². The van der Waals surface area contributed by atoms with Gasteiger partial charge in [-0.3, -0.25) is 4.79 Å². The molecular formula is C23H18FN3O. The summed E-state index contributed by atoms with van der Waals surface area (Å²) in [6, 6.07) is 24.9. The van der Waals surface area contributed by atoms with Crippen molar-refractivity contribution >= 4 is 11.7 Å². The Labute approximate surface area is 162 Å². The maximum absolute atomic E-state index is 13.1. The van der Waals surface area contributed by atoms with Gasteiger partial charge < -0.3 is 5.32 Å². The zero-order chi connectivity index (χ0) is 19.5. The van der Waals surface area contributed by atoms with E-state index in [1.807, 2.05) is 67.6 Å². The Kier molecular flexibility index (Phi) is 4.72. The quantitative estimate of drug-likeness (QED) is 0.533. The van der Waals surface area contributed by atoms with Crippen molar-refractivity contribution in [2.45, 2.75) is 6.92 Å². The molecule has 1 amide bonds. The number of rotatable bonds is 4. The summed E-state index contributed by atoms with van der Waals surface area (Å²) in [5.74, 6) is -0.170. The predicted molar refractivity (Wildman–Crippen MR) is 108 cm³/mol. The fourth-order valence-corrected chi connectivity index (χ4v) is 2.89. The van der Waals surface area contributed by atoms with Gasteiger partial charge in [0, 0.05) is 17.2 Å². The molecule has 0 bridgehead atoms. The molecule has 4 aromatic rings. The number of amides is 1. The summed E-state index contributed by atoms with van der Waals surface area (Å²) in [5.41, 5.74) is 4.07. The van der Waals surface area contributed by atoms with Gasteiger partial charge in [-0.2, -0.15) is 5.10 Å². The second-order valence-electron chi connectivity index (χ2n) is 6.49. The third kappa shape index (κ3) is 3.69. The molecule has 0 aliphatic heterocycles. The number of carbonyl (C=O) groups excluding carboxylic acids is 1. The molecule has 0 spiro atoms. The summed E-state index contributed by atoms with van der Waals surface area (Å²) in [5, 5.41) is 7.57.